The fourth-order valence-corrected chi connectivity index (χ4v) is 3.22. The summed E-state index contributed by atoms with van der Waals surface area (Å²) in [5.74, 6) is -0.0109. The Morgan fingerprint density at radius 2 is 2.10 bits per heavy atom. The van der Waals surface area contributed by atoms with Crippen molar-refractivity contribution in [3.63, 3.8) is 0 Å². The molecule has 1 aromatic rings. The van der Waals surface area contributed by atoms with Crippen LogP contribution in [0.15, 0.2) is 66.0 Å². The van der Waals surface area contributed by atoms with Crippen molar-refractivity contribution in [2.45, 2.75) is 32.2 Å². The molecule has 0 bridgehead atoms. The molecule has 7 heteroatoms. The quantitative estimate of drug-likeness (QED) is 0.164. The van der Waals surface area contributed by atoms with E-state index in [1.807, 2.05) is 13.0 Å². The predicted octanol–water partition coefficient (Wildman–Crippen LogP) is 4.63. The van der Waals surface area contributed by atoms with Gasteiger partial charge in [0.15, 0.2) is 0 Å². The molecule has 0 fully saturated rings. The molecule has 1 aliphatic rings. The van der Waals surface area contributed by atoms with Gasteiger partial charge < -0.3 is 20.4 Å². The van der Waals surface area contributed by atoms with Crippen molar-refractivity contribution in [3.05, 3.63) is 72.1 Å². The number of carbonyl (C=O) groups excluding carboxylic acids is 2. The molecule has 0 radical (unpaired) electrons. The number of hydrogen-bond acceptors (Lipinski definition) is 4. The zero-order chi connectivity index (χ0) is 22.1. The topological polar surface area (TPSA) is 95.6 Å². The van der Waals surface area contributed by atoms with Gasteiger partial charge in [0.2, 0.25) is 0 Å². The Balaban J connectivity index is 2.51. The summed E-state index contributed by atoms with van der Waals surface area (Å²) in [5.41, 5.74) is 2.98. The van der Waals surface area contributed by atoms with Crippen molar-refractivity contribution >= 4 is 30.6 Å². The van der Waals surface area contributed by atoms with Crippen LogP contribution in [-0.2, 0) is 9.53 Å². The number of aliphatic imine (C=N–C) groups is 1. The second kappa shape index (κ2) is 10.8. The van der Waals surface area contributed by atoms with Gasteiger partial charge in [-0.2, -0.15) is 0 Å². The molecular formula is C23H28N4O3. The lowest BCUT2D eigenvalue weighted by molar-refractivity contribution is -0.138. The third-order valence-corrected chi connectivity index (χ3v) is 4.82. The summed E-state index contributed by atoms with van der Waals surface area (Å²) < 4.78 is 5.54. The molecule has 0 spiro atoms. The van der Waals surface area contributed by atoms with Crippen LogP contribution in [-0.4, -0.2) is 30.3 Å². The number of aromatic amines is 1. The fraction of sp³-hybridized carbons (Fsp3) is 0.261. The van der Waals surface area contributed by atoms with Crippen LogP contribution < -0.4 is 10.6 Å². The molecule has 0 aromatic carbocycles. The van der Waals surface area contributed by atoms with E-state index >= 15 is 0 Å². The van der Waals surface area contributed by atoms with E-state index in [0.29, 0.717) is 34.6 Å². The number of H-pyrrole nitrogens is 1. The Morgan fingerprint density at radius 3 is 2.70 bits per heavy atom. The van der Waals surface area contributed by atoms with Crippen LogP contribution in [0.1, 0.15) is 43.4 Å². The summed E-state index contributed by atoms with van der Waals surface area (Å²) in [6.45, 7) is 16.7. The molecule has 1 aromatic heterocycles. The Kier molecular flexibility index (Phi) is 8.17. The van der Waals surface area contributed by atoms with E-state index < -0.39 is 18.0 Å². The summed E-state index contributed by atoms with van der Waals surface area (Å²) >= 11 is 0. The highest BCUT2D eigenvalue weighted by atomic mass is 16.5. The highest BCUT2D eigenvalue weighted by molar-refractivity contribution is 5.95. The largest absolute Gasteiger partial charge is 0.457 e. The SMILES string of the molecule is C=CCCCC1=C(C(=O)OC/C(C=C)=C/C)C(c2c[nH]c(N=C)c2C=C)NC(=O)N1. The van der Waals surface area contributed by atoms with E-state index in [2.05, 4.69) is 47.1 Å². The van der Waals surface area contributed by atoms with Gasteiger partial charge in [0.25, 0.3) is 0 Å². The van der Waals surface area contributed by atoms with E-state index in [-0.39, 0.29) is 6.61 Å². The Morgan fingerprint density at radius 1 is 1.33 bits per heavy atom. The first kappa shape index (κ1) is 22.7. The Hall–Kier alpha value is -3.61. The molecule has 1 unspecified atom stereocenters. The van der Waals surface area contributed by atoms with Gasteiger partial charge in [0, 0.05) is 23.0 Å². The molecule has 158 valence electrons. The number of rotatable bonds is 11. The van der Waals surface area contributed by atoms with Crippen LogP contribution in [0.3, 0.4) is 0 Å². The number of allylic oxidation sites excluding steroid dienone is 3. The monoisotopic (exact) mass is 408 g/mol. The van der Waals surface area contributed by atoms with Gasteiger partial charge in [-0.15, -0.1) is 6.58 Å². The lowest BCUT2D eigenvalue weighted by Gasteiger charge is -2.29. The minimum atomic E-state index is -0.720. The average Bonchev–Trinajstić information content (AvgIpc) is 3.17. The van der Waals surface area contributed by atoms with Crippen LogP contribution in [0.5, 0.6) is 0 Å². The molecule has 2 heterocycles. The molecule has 0 saturated carbocycles. The molecule has 1 atom stereocenters. The van der Waals surface area contributed by atoms with Crippen LogP contribution >= 0.6 is 0 Å². The fourth-order valence-electron chi connectivity index (χ4n) is 3.22. The summed E-state index contributed by atoms with van der Waals surface area (Å²) in [6.07, 6.45) is 10.5. The number of urea groups is 1. The van der Waals surface area contributed by atoms with E-state index in [1.165, 1.54) is 0 Å². The molecular weight excluding hydrogens is 380 g/mol. The molecule has 0 aliphatic carbocycles. The maximum absolute atomic E-state index is 13.1. The molecule has 7 nitrogen and oxygen atoms in total. The van der Waals surface area contributed by atoms with E-state index in [1.54, 1.807) is 24.4 Å². The number of unbranched alkanes of at least 4 members (excludes halogenated alkanes) is 1. The summed E-state index contributed by atoms with van der Waals surface area (Å²) in [5, 5.41) is 5.59. The Bertz CT molecular complexity index is 921. The number of hydrogen-bond donors (Lipinski definition) is 3. The van der Waals surface area contributed by atoms with Crippen molar-refractivity contribution in [2.75, 3.05) is 6.61 Å². The number of aromatic nitrogens is 1. The lowest BCUT2D eigenvalue weighted by Crippen LogP contribution is -2.46. The molecule has 30 heavy (non-hydrogen) atoms. The lowest BCUT2D eigenvalue weighted by atomic mass is 9.92. The first-order chi connectivity index (χ1) is 14.5. The number of ether oxygens (including phenoxy) is 1. The molecule has 3 N–H and O–H groups in total. The van der Waals surface area contributed by atoms with Crippen molar-refractivity contribution in [2.24, 2.45) is 4.99 Å². The minimum absolute atomic E-state index is 0.0872. The standard InChI is InChI=1S/C23H28N4O3/c1-6-10-11-12-18-19(22(28)30-14-15(7-2)8-3)20(27-23(29)26-18)17-13-25-21(24-5)16(17)9-4/h6-9,13,20,25H,1-2,4-5,10-12,14H2,3H3,(H2,26,27,29)/b15-8+. The number of amides is 2. The van der Waals surface area contributed by atoms with Gasteiger partial charge >= 0.3 is 12.0 Å². The van der Waals surface area contributed by atoms with E-state index in [4.69, 9.17) is 4.74 Å². The third-order valence-electron chi connectivity index (χ3n) is 4.82. The maximum Gasteiger partial charge on any atom is 0.338 e. The molecule has 2 amide bonds. The number of nitrogens with zero attached hydrogens (tertiary/aromatic N) is 1. The van der Waals surface area contributed by atoms with Crippen LogP contribution in [0.4, 0.5) is 10.6 Å². The first-order valence-electron chi connectivity index (χ1n) is 9.67. The van der Waals surface area contributed by atoms with Gasteiger partial charge in [-0.1, -0.05) is 37.5 Å². The zero-order valence-corrected chi connectivity index (χ0v) is 17.3. The third kappa shape index (κ3) is 5.05. The van der Waals surface area contributed by atoms with Crippen molar-refractivity contribution in [3.8, 4) is 0 Å². The summed E-state index contributed by atoms with van der Waals surface area (Å²) in [4.78, 5) is 32.4. The van der Waals surface area contributed by atoms with Gasteiger partial charge in [-0.3, -0.25) is 0 Å². The molecule has 0 saturated heterocycles. The van der Waals surface area contributed by atoms with E-state index in [9.17, 15) is 9.59 Å². The predicted molar refractivity (Wildman–Crippen MR) is 120 cm³/mol. The van der Waals surface area contributed by atoms with Gasteiger partial charge in [-0.05, 0) is 38.5 Å². The smallest absolute Gasteiger partial charge is 0.338 e. The second-order valence-corrected chi connectivity index (χ2v) is 6.62. The number of esters is 1. The highest BCUT2D eigenvalue weighted by Crippen LogP contribution is 2.35. The molecule has 2 rings (SSSR count). The molecule has 1 aliphatic heterocycles. The maximum atomic E-state index is 13.1. The van der Waals surface area contributed by atoms with Crippen LogP contribution in [0.2, 0.25) is 0 Å². The van der Waals surface area contributed by atoms with Crippen LogP contribution in [0.25, 0.3) is 6.08 Å². The van der Waals surface area contributed by atoms with Crippen molar-refractivity contribution in [1.29, 1.82) is 0 Å². The van der Waals surface area contributed by atoms with Gasteiger partial charge in [0.1, 0.15) is 12.4 Å². The first-order valence-corrected chi connectivity index (χ1v) is 9.67. The van der Waals surface area contributed by atoms with Gasteiger partial charge in [-0.25, -0.2) is 14.6 Å². The van der Waals surface area contributed by atoms with E-state index in [0.717, 1.165) is 18.4 Å². The minimum Gasteiger partial charge on any atom is -0.457 e. The summed E-state index contributed by atoms with van der Waals surface area (Å²) in [7, 11) is 0. The highest BCUT2D eigenvalue weighted by Gasteiger charge is 2.35. The van der Waals surface area contributed by atoms with Crippen molar-refractivity contribution in [1.82, 2.24) is 15.6 Å². The summed E-state index contributed by atoms with van der Waals surface area (Å²) in [6, 6.07) is -1.11. The average molecular weight is 409 g/mol. The Labute approximate surface area is 177 Å². The number of carbonyl (C=O) groups is 2. The second-order valence-electron chi connectivity index (χ2n) is 6.62. The van der Waals surface area contributed by atoms with Gasteiger partial charge in [0.05, 0.1) is 11.6 Å². The van der Waals surface area contributed by atoms with Crippen LogP contribution in [0, 0.1) is 0 Å². The normalized spacial score (nSPS) is 16.4. The zero-order valence-electron chi connectivity index (χ0n) is 17.3. The van der Waals surface area contributed by atoms with Crippen molar-refractivity contribution < 1.29 is 14.3 Å². The number of nitrogens with one attached hydrogen (secondary N) is 3.